The number of aryl methyl sites for hydroxylation is 2. The Labute approximate surface area is 262 Å². The van der Waals surface area contributed by atoms with Crippen molar-refractivity contribution < 1.29 is 34.7 Å². The summed E-state index contributed by atoms with van der Waals surface area (Å²) >= 11 is 0. The maximum absolute atomic E-state index is 10.8. The average Bonchev–Trinajstić information content (AvgIpc) is 2.82. The molecule has 2 aromatic rings. The number of aliphatic hydroxyl groups is 3. The lowest BCUT2D eigenvalue weighted by atomic mass is 9.69. The van der Waals surface area contributed by atoms with E-state index in [9.17, 15) is 15.3 Å². The van der Waals surface area contributed by atoms with E-state index in [1.54, 1.807) is 0 Å². The monoisotopic (exact) mass is 622 g/mol. The second-order valence-electron chi connectivity index (χ2n) is 16.1. The smallest absolute Gasteiger partial charge is 0.324 e. The van der Waals surface area contributed by atoms with Crippen molar-refractivity contribution in [3.63, 3.8) is 0 Å². The minimum Gasteiger partial charge on any atom is -0.484 e. The molecule has 1 atom stereocenters. The maximum Gasteiger partial charge on any atom is 0.324 e. The molecule has 1 unspecified atom stereocenters. The summed E-state index contributed by atoms with van der Waals surface area (Å²) in [5.41, 5.74) is 5.33. The summed E-state index contributed by atoms with van der Waals surface area (Å²) in [4.78, 5) is 21.7. The van der Waals surface area contributed by atoms with Gasteiger partial charge in [-0.05, 0) is 46.6 Å². The lowest BCUT2D eigenvalue weighted by molar-refractivity contribution is -0.0761. The third kappa shape index (κ3) is 9.96. The largest absolute Gasteiger partial charge is 0.484 e. The number of rotatable bonds is 7. The van der Waals surface area contributed by atoms with Gasteiger partial charge >= 0.3 is 8.60 Å². The lowest BCUT2D eigenvalue weighted by Gasteiger charge is -2.43. The van der Waals surface area contributed by atoms with Gasteiger partial charge in [-0.15, -0.1) is 0 Å². The van der Waals surface area contributed by atoms with Crippen LogP contribution in [-0.4, -0.2) is 49.8 Å². The first-order valence-electron chi connectivity index (χ1n) is 14.9. The topological polar surface area (TPSA) is 131 Å². The zero-order valence-electron chi connectivity index (χ0n) is 29.0. The molecule has 2 rings (SSSR count). The van der Waals surface area contributed by atoms with E-state index < -0.39 is 39.9 Å². The molecular formula is C35H59O7P. The molecular weight excluding hydrogens is 563 g/mol. The lowest BCUT2D eigenvalue weighted by Crippen LogP contribution is -2.45. The Balaban J connectivity index is 0.00000217. The summed E-state index contributed by atoms with van der Waals surface area (Å²) in [6.45, 7) is 29.1. The van der Waals surface area contributed by atoms with Crippen LogP contribution < -0.4 is 4.74 Å². The molecule has 6 N–H and O–H groups in total. The fourth-order valence-electron chi connectivity index (χ4n) is 5.34. The zero-order chi connectivity index (χ0) is 33.9. The summed E-state index contributed by atoms with van der Waals surface area (Å²) < 4.78 is 7.24. The molecule has 2 aromatic carbocycles. The highest BCUT2D eigenvalue weighted by molar-refractivity contribution is 7.38. The molecule has 8 heteroatoms. The molecule has 0 amide bonds. The Hall–Kier alpha value is -1.57. The van der Waals surface area contributed by atoms with E-state index in [0.717, 1.165) is 44.7 Å². The summed E-state index contributed by atoms with van der Waals surface area (Å²) in [7, 11) is -2.62. The van der Waals surface area contributed by atoms with Crippen molar-refractivity contribution in [2.75, 3.05) is 19.8 Å². The van der Waals surface area contributed by atoms with Crippen molar-refractivity contribution in [3.05, 3.63) is 63.2 Å². The van der Waals surface area contributed by atoms with Crippen molar-refractivity contribution in [1.29, 1.82) is 0 Å². The van der Waals surface area contributed by atoms with Gasteiger partial charge in [-0.25, -0.2) is 0 Å². The minimum absolute atomic E-state index is 0.223. The first-order valence-corrected chi connectivity index (χ1v) is 16.1. The van der Waals surface area contributed by atoms with Gasteiger partial charge in [-0.3, -0.25) is 0 Å². The summed E-state index contributed by atoms with van der Waals surface area (Å²) in [6, 6.07) is 8.76. The van der Waals surface area contributed by atoms with Crippen LogP contribution in [0.3, 0.4) is 0 Å². The second-order valence-corrected chi connectivity index (χ2v) is 16.6. The second kappa shape index (κ2) is 14.2. The van der Waals surface area contributed by atoms with Crippen LogP contribution in [0.4, 0.5) is 0 Å². The van der Waals surface area contributed by atoms with E-state index in [1.807, 2.05) is 0 Å². The van der Waals surface area contributed by atoms with Crippen LogP contribution in [0.25, 0.3) is 0 Å². The minimum atomic E-state index is -2.62. The Morgan fingerprint density at radius 1 is 0.558 bits per heavy atom. The van der Waals surface area contributed by atoms with Crippen LogP contribution in [0.2, 0.25) is 0 Å². The van der Waals surface area contributed by atoms with E-state index >= 15 is 0 Å². The number of ether oxygens (including phenoxy) is 1. The van der Waals surface area contributed by atoms with E-state index in [1.165, 1.54) is 0 Å². The zero-order valence-corrected chi connectivity index (χ0v) is 29.9. The normalized spacial score (nSPS) is 14.0. The van der Waals surface area contributed by atoms with Crippen molar-refractivity contribution in [1.82, 2.24) is 0 Å². The molecule has 0 spiro atoms. The highest BCUT2D eigenvalue weighted by atomic mass is 31.2. The highest BCUT2D eigenvalue weighted by Crippen LogP contribution is 2.50. The van der Waals surface area contributed by atoms with Crippen LogP contribution in [-0.2, 0) is 21.7 Å². The molecule has 0 bridgehead atoms. The number of hydrogen-bond donors (Lipinski definition) is 6. The van der Waals surface area contributed by atoms with Crippen LogP contribution in [0.1, 0.15) is 128 Å². The van der Waals surface area contributed by atoms with Crippen LogP contribution in [0.15, 0.2) is 24.3 Å². The van der Waals surface area contributed by atoms with Gasteiger partial charge in [0.15, 0.2) is 0 Å². The van der Waals surface area contributed by atoms with Gasteiger partial charge in [-0.1, -0.05) is 118 Å². The van der Waals surface area contributed by atoms with Crippen LogP contribution in [0, 0.1) is 19.3 Å². The van der Waals surface area contributed by atoms with Gasteiger partial charge in [0.05, 0.1) is 25.2 Å². The first kappa shape index (κ1) is 39.5. The molecule has 0 heterocycles. The standard InChI is InChI=1S/C35H56O4.H3O3P/c1-22-15-24(31(3,4)5)28(25(16-22)32(6,7)8)30(35(19-36,20-37)21-38)39-29-26(33(9,10)11)17-23(2)18-27(29)34(12,13)14;1-4(2)3/h15-18,30,36-38H,19-21H2,1-14H3;1-3H. The third-order valence-electron chi connectivity index (χ3n) is 7.79. The van der Waals surface area contributed by atoms with E-state index in [-0.39, 0.29) is 21.7 Å². The molecule has 0 saturated carbocycles. The third-order valence-corrected chi connectivity index (χ3v) is 7.79. The Bertz CT molecular complexity index is 1120. The molecule has 0 saturated heterocycles. The average molecular weight is 623 g/mol. The summed E-state index contributed by atoms with van der Waals surface area (Å²) in [6.07, 6.45) is -0.800. The molecule has 43 heavy (non-hydrogen) atoms. The predicted octanol–water partition coefficient (Wildman–Crippen LogP) is 6.77. The first-order chi connectivity index (χ1) is 19.3. The molecule has 0 aliphatic heterocycles. The van der Waals surface area contributed by atoms with Gasteiger partial charge in [0.1, 0.15) is 11.9 Å². The Morgan fingerprint density at radius 2 is 0.814 bits per heavy atom. The van der Waals surface area contributed by atoms with Gasteiger partial charge in [0, 0.05) is 16.7 Å². The van der Waals surface area contributed by atoms with Crippen molar-refractivity contribution >= 4 is 8.60 Å². The molecule has 246 valence electrons. The van der Waals surface area contributed by atoms with E-state index in [4.69, 9.17) is 19.4 Å². The van der Waals surface area contributed by atoms with E-state index in [0.29, 0.717) is 0 Å². The molecule has 0 fully saturated rings. The van der Waals surface area contributed by atoms with Gasteiger partial charge in [-0.2, -0.15) is 0 Å². The Kier molecular flexibility index (Phi) is 13.1. The van der Waals surface area contributed by atoms with Gasteiger partial charge < -0.3 is 34.7 Å². The number of benzene rings is 2. The number of hydrogen-bond acceptors (Lipinski definition) is 7. The molecule has 0 radical (unpaired) electrons. The fourth-order valence-corrected chi connectivity index (χ4v) is 5.34. The van der Waals surface area contributed by atoms with Crippen molar-refractivity contribution in [2.45, 2.75) is 125 Å². The highest BCUT2D eigenvalue weighted by Gasteiger charge is 2.46. The number of aliphatic hydroxyl groups excluding tert-OH is 3. The summed E-state index contributed by atoms with van der Waals surface area (Å²) in [5, 5.41) is 32.5. The van der Waals surface area contributed by atoms with Gasteiger partial charge in [0.25, 0.3) is 0 Å². The van der Waals surface area contributed by atoms with Crippen LogP contribution in [0.5, 0.6) is 5.75 Å². The van der Waals surface area contributed by atoms with Crippen molar-refractivity contribution in [2.24, 2.45) is 5.41 Å². The molecule has 0 aromatic heterocycles. The molecule has 7 nitrogen and oxygen atoms in total. The maximum atomic E-state index is 10.8. The predicted molar refractivity (Wildman–Crippen MR) is 178 cm³/mol. The molecule has 0 aliphatic rings. The quantitative estimate of drug-likeness (QED) is 0.188. The summed E-state index contributed by atoms with van der Waals surface area (Å²) in [5.74, 6) is 0.769. The Morgan fingerprint density at radius 3 is 1.05 bits per heavy atom. The fraction of sp³-hybridized carbons (Fsp3) is 0.657. The van der Waals surface area contributed by atoms with E-state index in [2.05, 4.69) is 121 Å². The van der Waals surface area contributed by atoms with Gasteiger partial charge in [0.2, 0.25) is 0 Å². The van der Waals surface area contributed by atoms with Crippen molar-refractivity contribution in [3.8, 4) is 5.75 Å². The molecule has 0 aliphatic carbocycles. The SMILES string of the molecule is Cc1cc(C(C)(C)C)c(OC(c2c(C(C)(C)C)cc(C)cc2C(C)(C)C)C(CO)(CO)CO)c(C(C)(C)C)c1.OP(O)O. The van der Waals surface area contributed by atoms with Crippen LogP contribution >= 0.6 is 8.60 Å².